The molecule has 0 saturated carbocycles. The average Bonchev–Trinajstić information content (AvgIpc) is 2.32. The molecular formula is C12H7BrClNO. The predicted molar refractivity (Wildman–Crippen MR) is 66.8 cm³/mol. The van der Waals surface area contributed by atoms with Crippen molar-refractivity contribution in [3.8, 4) is 0 Å². The van der Waals surface area contributed by atoms with Crippen molar-refractivity contribution in [2.24, 2.45) is 0 Å². The first-order valence-corrected chi connectivity index (χ1v) is 5.77. The molecule has 1 aromatic heterocycles. The lowest BCUT2D eigenvalue weighted by Crippen LogP contribution is -2.05. The number of carbonyl (C=O) groups excluding carboxylic acids is 1. The van der Waals surface area contributed by atoms with Gasteiger partial charge in [-0.05, 0) is 28.1 Å². The Labute approximate surface area is 106 Å². The summed E-state index contributed by atoms with van der Waals surface area (Å²) in [6, 6.07) is 12.3. The van der Waals surface area contributed by atoms with E-state index >= 15 is 0 Å². The van der Waals surface area contributed by atoms with E-state index in [4.69, 9.17) is 11.6 Å². The van der Waals surface area contributed by atoms with E-state index in [1.54, 1.807) is 24.3 Å². The summed E-state index contributed by atoms with van der Waals surface area (Å²) in [7, 11) is 0. The number of rotatable bonds is 2. The number of halogens is 2. The first kappa shape index (κ1) is 11.3. The number of nitrogens with zero attached hydrogens (tertiary/aromatic N) is 1. The van der Waals surface area contributed by atoms with Crippen LogP contribution in [-0.2, 0) is 0 Å². The summed E-state index contributed by atoms with van der Waals surface area (Å²) in [4.78, 5) is 16.1. The van der Waals surface area contributed by atoms with Crippen molar-refractivity contribution < 1.29 is 4.79 Å². The van der Waals surface area contributed by atoms with Crippen molar-refractivity contribution in [3.05, 3.63) is 63.3 Å². The molecule has 0 fully saturated rings. The molecule has 0 aliphatic heterocycles. The molecule has 2 aromatic rings. The minimum Gasteiger partial charge on any atom is -0.287 e. The average molecular weight is 297 g/mol. The van der Waals surface area contributed by atoms with Crippen molar-refractivity contribution in [1.82, 2.24) is 4.98 Å². The fourth-order valence-corrected chi connectivity index (χ4v) is 1.85. The van der Waals surface area contributed by atoms with Crippen LogP contribution in [0.1, 0.15) is 16.1 Å². The van der Waals surface area contributed by atoms with E-state index in [1.807, 2.05) is 18.2 Å². The Morgan fingerprint density at radius 2 is 1.81 bits per heavy atom. The number of hydrogen-bond acceptors (Lipinski definition) is 2. The molecule has 1 aromatic carbocycles. The molecule has 80 valence electrons. The molecule has 0 spiro atoms. The standard InChI is InChI=1S/C12H7BrClNO/c13-9-6-7-10(14)15-11(9)12(16)8-4-2-1-3-5-8/h1-7H. The third-order valence-electron chi connectivity index (χ3n) is 2.06. The van der Waals surface area contributed by atoms with Gasteiger partial charge >= 0.3 is 0 Å². The van der Waals surface area contributed by atoms with Crippen molar-refractivity contribution in [2.45, 2.75) is 0 Å². The van der Waals surface area contributed by atoms with Gasteiger partial charge in [-0.15, -0.1) is 0 Å². The van der Waals surface area contributed by atoms with Gasteiger partial charge in [0.1, 0.15) is 10.8 Å². The summed E-state index contributed by atoms with van der Waals surface area (Å²) >= 11 is 9.05. The van der Waals surface area contributed by atoms with Crippen LogP contribution in [-0.4, -0.2) is 10.8 Å². The van der Waals surface area contributed by atoms with E-state index < -0.39 is 0 Å². The van der Waals surface area contributed by atoms with Gasteiger partial charge < -0.3 is 0 Å². The lowest BCUT2D eigenvalue weighted by atomic mass is 10.1. The second kappa shape index (κ2) is 4.76. The third kappa shape index (κ3) is 2.31. The van der Waals surface area contributed by atoms with E-state index in [-0.39, 0.29) is 5.78 Å². The SMILES string of the molecule is O=C(c1ccccc1)c1nc(Cl)ccc1Br. The zero-order valence-corrected chi connectivity index (χ0v) is 10.5. The van der Waals surface area contributed by atoms with E-state index in [0.717, 1.165) is 0 Å². The maximum atomic E-state index is 12.1. The van der Waals surface area contributed by atoms with Gasteiger partial charge in [0.15, 0.2) is 0 Å². The Hall–Kier alpha value is -1.19. The summed E-state index contributed by atoms with van der Waals surface area (Å²) in [5.74, 6) is -0.144. The Morgan fingerprint density at radius 3 is 2.50 bits per heavy atom. The summed E-state index contributed by atoms with van der Waals surface area (Å²) < 4.78 is 0.644. The van der Waals surface area contributed by atoms with Gasteiger partial charge in [-0.25, -0.2) is 4.98 Å². The van der Waals surface area contributed by atoms with Gasteiger partial charge in [0.05, 0.1) is 0 Å². The summed E-state index contributed by atoms with van der Waals surface area (Å²) in [5.41, 5.74) is 0.927. The highest BCUT2D eigenvalue weighted by molar-refractivity contribution is 9.10. The Bertz CT molecular complexity index is 528. The van der Waals surface area contributed by atoms with Gasteiger partial charge in [0.25, 0.3) is 0 Å². The van der Waals surface area contributed by atoms with Gasteiger partial charge in [-0.3, -0.25) is 4.79 Å². The second-order valence-electron chi connectivity index (χ2n) is 3.16. The minimum atomic E-state index is -0.144. The zero-order chi connectivity index (χ0) is 11.5. The molecule has 0 aliphatic rings. The maximum Gasteiger partial charge on any atom is 0.212 e. The summed E-state index contributed by atoms with van der Waals surface area (Å²) in [6.07, 6.45) is 0. The number of benzene rings is 1. The van der Waals surface area contributed by atoms with Crippen LogP contribution in [0.5, 0.6) is 0 Å². The Balaban J connectivity index is 2.46. The lowest BCUT2D eigenvalue weighted by molar-refractivity contribution is 0.103. The maximum absolute atomic E-state index is 12.1. The van der Waals surface area contributed by atoms with Crippen LogP contribution in [0.3, 0.4) is 0 Å². The van der Waals surface area contributed by atoms with E-state index in [1.165, 1.54) is 0 Å². The van der Waals surface area contributed by atoms with Crippen molar-refractivity contribution in [3.63, 3.8) is 0 Å². The highest BCUT2D eigenvalue weighted by atomic mass is 79.9. The van der Waals surface area contributed by atoms with Crippen LogP contribution in [0.2, 0.25) is 5.15 Å². The Kier molecular flexibility index (Phi) is 3.36. The quantitative estimate of drug-likeness (QED) is 0.624. The van der Waals surface area contributed by atoms with Crippen LogP contribution >= 0.6 is 27.5 Å². The van der Waals surface area contributed by atoms with Gasteiger partial charge in [0.2, 0.25) is 5.78 Å². The first-order valence-electron chi connectivity index (χ1n) is 4.60. The van der Waals surface area contributed by atoms with Crippen LogP contribution in [0.15, 0.2) is 46.9 Å². The van der Waals surface area contributed by atoms with Crippen molar-refractivity contribution in [1.29, 1.82) is 0 Å². The highest BCUT2D eigenvalue weighted by Crippen LogP contribution is 2.20. The first-order chi connectivity index (χ1) is 7.68. The van der Waals surface area contributed by atoms with Crippen molar-refractivity contribution in [2.75, 3.05) is 0 Å². The molecule has 0 unspecified atom stereocenters. The molecule has 1 heterocycles. The molecular weight excluding hydrogens is 289 g/mol. The van der Waals surface area contributed by atoms with Gasteiger partial charge in [0, 0.05) is 10.0 Å². The number of carbonyl (C=O) groups is 1. The predicted octanol–water partition coefficient (Wildman–Crippen LogP) is 3.73. The van der Waals surface area contributed by atoms with Crippen molar-refractivity contribution >= 4 is 33.3 Å². The number of pyridine rings is 1. The molecule has 0 bridgehead atoms. The summed E-state index contributed by atoms with van der Waals surface area (Å²) in [6.45, 7) is 0. The number of ketones is 1. The molecule has 4 heteroatoms. The zero-order valence-electron chi connectivity index (χ0n) is 8.15. The van der Waals surface area contributed by atoms with E-state index in [2.05, 4.69) is 20.9 Å². The highest BCUT2D eigenvalue weighted by Gasteiger charge is 2.14. The topological polar surface area (TPSA) is 30.0 Å². The smallest absolute Gasteiger partial charge is 0.212 e. The molecule has 0 aliphatic carbocycles. The third-order valence-corrected chi connectivity index (χ3v) is 2.91. The van der Waals surface area contributed by atoms with Crippen LogP contribution in [0.25, 0.3) is 0 Å². The fraction of sp³-hybridized carbons (Fsp3) is 0. The lowest BCUT2D eigenvalue weighted by Gasteiger charge is -2.03. The normalized spacial score (nSPS) is 10.1. The van der Waals surface area contributed by atoms with Gasteiger partial charge in [-0.2, -0.15) is 0 Å². The molecule has 0 saturated heterocycles. The minimum absolute atomic E-state index is 0.144. The van der Waals surface area contributed by atoms with Crippen LogP contribution in [0.4, 0.5) is 0 Å². The van der Waals surface area contributed by atoms with E-state index in [9.17, 15) is 4.79 Å². The van der Waals surface area contributed by atoms with Crippen LogP contribution in [0, 0.1) is 0 Å². The van der Waals surface area contributed by atoms with Gasteiger partial charge in [-0.1, -0.05) is 41.9 Å². The molecule has 0 radical (unpaired) electrons. The molecule has 0 amide bonds. The van der Waals surface area contributed by atoms with E-state index in [0.29, 0.717) is 20.9 Å². The number of hydrogen-bond donors (Lipinski definition) is 0. The monoisotopic (exact) mass is 295 g/mol. The summed E-state index contributed by atoms with van der Waals surface area (Å²) in [5, 5.41) is 0.308. The molecule has 2 rings (SSSR count). The molecule has 0 atom stereocenters. The van der Waals surface area contributed by atoms with Crippen LogP contribution < -0.4 is 0 Å². The largest absolute Gasteiger partial charge is 0.287 e. The molecule has 16 heavy (non-hydrogen) atoms. The number of aromatic nitrogens is 1. The molecule has 0 N–H and O–H groups in total. The molecule has 2 nitrogen and oxygen atoms in total. The second-order valence-corrected chi connectivity index (χ2v) is 4.40. The fourth-order valence-electron chi connectivity index (χ4n) is 1.30. The Morgan fingerprint density at radius 1 is 1.12 bits per heavy atom.